The van der Waals surface area contributed by atoms with E-state index in [9.17, 15) is 14.9 Å². The van der Waals surface area contributed by atoms with Crippen molar-refractivity contribution < 1.29 is 9.72 Å². The number of amides is 1. The highest BCUT2D eigenvalue weighted by Crippen LogP contribution is 2.33. The summed E-state index contributed by atoms with van der Waals surface area (Å²) in [5.41, 5.74) is 1.89. The van der Waals surface area contributed by atoms with Gasteiger partial charge in [0.2, 0.25) is 0 Å². The summed E-state index contributed by atoms with van der Waals surface area (Å²) in [4.78, 5) is 23.8. The molecule has 0 radical (unpaired) electrons. The molecular formula is C18H14BrClN4O3S. The Morgan fingerprint density at radius 1 is 1.32 bits per heavy atom. The van der Waals surface area contributed by atoms with Crippen LogP contribution in [0.15, 0.2) is 58.2 Å². The molecule has 7 nitrogen and oxygen atoms in total. The van der Waals surface area contributed by atoms with E-state index >= 15 is 0 Å². The van der Waals surface area contributed by atoms with Gasteiger partial charge in [0.05, 0.1) is 21.0 Å². The smallest absolute Gasteiger partial charge is 0.283 e. The molecule has 3 N–H and O–H groups in total. The maximum atomic E-state index is 13.0. The first-order valence-electron chi connectivity index (χ1n) is 8.05. The summed E-state index contributed by atoms with van der Waals surface area (Å²) in [5, 5.41) is 20.8. The third-order valence-corrected chi connectivity index (χ3v) is 5.22. The first-order chi connectivity index (χ1) is 13.3. The van der Waals surface area contributed by atoms with Crippen molar-refractivity contribution in [3.63, 3.8) is 0 Å². The van der Waals surface area contributed by atoms with Gasteiger partial charge in [-0.05, 0) is 64.9 Å². The maximum Gasteiger partial charge on any atom is 0.283 e. The Morgan fingerprint density at radius 3 is 2.75 bits per heavy atom. The fourth-order valence-electron chi connectivity index (χ4n) is 2.86. The minimum atomic E-state index is -0.653. The molecule has 2 aromatic rings. The number of benzene rings is 2. The molecule has 0 aliphatic carbocycles. The van der Waals surface area contributed by atoms with Crippen LogP contribution in [0.3, 0.4) is 0 Å². The predicted molar refractivity (Wildman–Crippen MR) is 115 cm³/mol. The summed E-state index contributed by atoms with van der Waals surface area (Å²) >= 11 is 14.4. The number of carbonyl (C=O) groups excluding carboxylic acids is 1. The lowest BCUT2D eigenvalue weighted by Crippen LogP contribution is -2.45. The molecule has 0 saturated heterocycles. The molecule has 1 aliphatic heterocycles. The van der Waals surface area contributed by atoms with Crippen LogP contribution in [0.2, 0.25) is 5.02 Å². The van der Waals surface area contributed by atoms with E-state index in [4.69, 9.17) is 23.8 Å². The quantitative estimate of drug-likeness (QED) is 0.339. The van der Waals surface area contributed by atoms with E-state index in [0.29, 0.717) is 37.1 Å². The van der Waals surface area contributed by atoms with Crippen molar-refractivity contribution in [2.75, 3.05) is 5.32 Å². The highest BCUT2D eigenvalue weighted by atomic mass is 79.9. The van der Waals surface area contributed by atoms with Crippen molar-refractivity contribution >= 4 is 62.1 Å². The highest BCUT2D eigenvalue weighted by molar-refractivity contribution is 9.10. The van der Waals surface area contributed by atoms with Crippen LogP contribution >= 0.6 is 39.7 Å². The highest BCUT2D eigenvalue weighted by Gasteiger charge is 2.31. The predicted octanol–water partition coefficient (Wildman–Crippen LogP) is 4.44. The molecule has 0 spiro atoms. The molecule has 28 heavy (non-hydrogen) atoms. The summed E-state index contributed by atoms with van der Waals surface area (Å²) in [6.07, 6.45) is 0. The third kappa shape index (κ3) is 4.32. The minimum absolute atomic E-state index is 0.101. The van der Waals surface area contributed by atoms with Crippen molar-refractivity contribution in [1.29, 1.82) is 0 Å². The molecular weight excluding hydrogens is 468 g/mol. The Kier molecular flexibility index (Phi) is 5.97. The average Bonchev–Trinajstić information content (AvgIpc) is 2.61. The van der Waals surface area contributed by atoms with Crippen LogP contribution in [0.25, 0.3) is 0 Å². The molecule has 10 heteroatoms. The lowest BCUT2D eigenvalue weighted by Gasteiger charge is -2.30. The summed E-state index contributed by atoms with van der Waals surface area (Å²) in [6.45, 7) is 1.72. The van der Waals surface area contributed by atoms with Gasteiger partial charge < -0.3 is 16.0 Å². The van der Waals surface area contributed by atoms with Crippen LogP contribution in [-0.2, 0) is 4.79 Å². The Labute approximate surface area is 179 Å². The van der Waals surface area contributed by atoms with E-state index in [1.54, 1.807) is 43.3 Å². The standard InChI is InChI=1S/C18H14BrClN4O3S/c1-9-15(17(25)22-12-4-2-3-11(20)8-12)16(23-18(28)21-9)10-5-6-13(19)14(7-10)24(26)27/h2-8,16H,1H3,(H,22,25)(H2,21,23,28)/t16-/m1/s1. The lowest BCUT2D eigenvalue weighted by atomic mass is 9.94. The van der Waals surface area contributed by atoms with Gasteiger partial charge in [-0.3, -0.25) is 14.9 Å². The molecule has 1 heterocycles. The summed E-state index contributed by atoms with van der Waals surface area (Å²) in [6, 6.07) is 10.8. The third-order valence-electron chi connectivity index (χ3n) is 4.10. The van der Waals surface area contributed by atoms with Crippen LogP contribution in [0.5, 0.6) is 0 Å². The zero-order chi connectivity index (χ0) is 20.4. The number of thiocarbonyl (C=S) groups is 1. The number of nitro groups is 1. The Hall–Kier alpha value is -2.49. The molecule has 0 fully saturated rings. The largest absolute Gasteiger partial charge is 0.351 e. The van der Waals surface area contributed by atoms with Gasteiger partial charge in [-0.2, -0.15) is 0 Å². The van der Waals surface area contributed by atoms with E-state index in [1.165, 1.54) is 6.07 Å². The van der Waals surface area contributed by atoms with Gasteiger partial charge >= 0.3 is 0 Å². The van der Waals surface area contributed by atoms with Gasteiger partial charge in [0.25, 0.3) is 11.6 Å². The van der Waals surface area contributed by atoms with E-state index < -0.39 is 11.0 Å². The summed E-state index contributed by atoms with van der Waals surface area (Å²) in [7, 11) is 0. The van der Waals surface area contributed by atoms with E-state index in [1.807, 2.05) is 0 Å². The first kappa shape index (κ1) is 20.2. The number of hydrogen-bond acceptors (Lipinski definition) is 4. The van der Waals surface area contributed by atoms with Gasteiger partial charge in [0, 0.05) is 22.5 Å². The summed E-state index contributed by atoms with van der Waals surface area (Å²) < 4.78 is 0.350. The second kappa shape index (κ2) is 8.26. The molecule has 0 bridgehead atoms. The van der Waals surface area contributed by atoms with Crippen molar-refractivity contribution in [2.24, 2.45) is 0 Å². The maximum absolute atomic E-state index is 13.0. The number of nitrogens with one attached hydrogen (secondary N) is 3. The Balaban J connectivity index is 2.00. The van der Waals surface area contributed by atoms with Crippen LogP contribution in [0, 0.1) is 10.1 Å². The molecule has 0 aromatic heterocycles. The molecule has 1 amide bonds. The van der Waals surface area contributed by atoms with Gasteiger partial charge in [-0.1, -0.05) is 23.7 Å². The zero-order valence-corrected chi connectivity index (χ0v) is 17.6. The lowest BCUT2D eigenvalue weighted by molar-refractivity contribution is -0.385. The van der Waals surface area contributed by atoms with Crippen LogP contribution in [-0.4, -0.2) is 15.9 Å². The van der Waals surface area contributed by atoms with Crippen molar-refractivity contribution in [3.05, 3.63) is 78.9 Å². The molecule has 1 aliphatic rings. The monoisotopic (exact) mass is 480 g/mol. The average molecular weight is 482 g/mol. The zero-order valence-electron chi connectivity index (χ0n) is 14.5. The number of hydrogen-bond donors (Lipinski definition) is 3. The number of anilines is 1. The van der Waals surface area contributed by atoms with Crippen molar-refractivity contribution in [1.82, 2.24) is 10.6 Å². The number of carbonyl (C=O) groups is 1. The number of nitrogens with zero attached hydrogens (tertiary/aromatic N) is 1. The SMILES string of the molecule is CC1=C(C(=O)Nc2cccc(Cl)c2)[C@@H](c2ccc(Br)c([N+](=O)[O-])c2)NC(=S)N1. The fourth-order valence-corrected chi connectivity index (χ4v) is 3.71. The molecule has 0 unspecified atom stereocenters. The number of rotatable bonds is 4. The molecule has 144 valence electrons. The molecule has 3 rings (SSSR count). The Morgan fingerprint density at radius 2 is 2.07 bits per heavy atom. The van der Waals surface area contributed by atoms with Crippen molar-refractivity contribution in [3.8, 4) is 0 Å². The van der Waals surface area contributed by atoms with Crippen LogP contribution in [0.4, 0.5) is 11.4 Å². The number of allylic oxidation sites excluding steroid dienone is 1. The normalized spacial score (nSPS) is 16.2. The molecule has 2 aromatic carbocycles. The first-order valence-corrected chi connectivity index (χ1v) is 9.63. The number of nitro benzene ring substituents is 1. The van der Waals surface area contributed by atoms with Crippen LogP contribution < -0.4 is 16.0 Å². The van der Waals surface area contributed by atoms with Gasteiger partial charge in [0.15, 0.2) is 5.11 Å². The van der Waals surface area contributed by atoms with E-state index in [-0.39, 0.29) is 11.6 Å². The Bertz CT molecular complexity index is 1030. The topological polar surface area (TPSA) is 96.3 Å². The second-order valence-electron chi connectivity index (χ2n) is 6.00. The second-order valence-corrected chi connectivity index (χ2v) is 7.70. The fraction of sp³-hybridized carbons (Fsp3) is 0.111. The number of halogens is 2. The summed E-state index contributed by atoms with van der Waals surface area (Å²) in [5.74, 6) is -0.377. The van der Waals surface area contributed by atoms with E-state index in [2.05, 4.69) is 31.9 Å². The van der Waals surface area contributed by atoms with Crippen molar-refractivity contribution in [2.45, 2.75) is 13.0 Å². The van der Waals surface area contributed by atoms with Gasteiger partial charge in [-0.25, -0.2) is 0 Å². The molecule has 1 atom stereocenters. The van der Waals surface area contributed by atoms with Crippen LogP contribution in [0.1, 0.15) is 18.5 Å². The van der Waals surface area contributed by atoms with Gasteiger partial charge in [0.1, 0.15) is 0 Å². The van der Waals surface area contributed by atoms with Gasteiger partial charge in [-0.15, -0.1) is 0 Å². The molecule has 0 saturated carbocycles. The minimum Gasteiger partial charge on any atom is -0.351 e. The van der Waals surface area contributed by atoms with E-state index in [0.717, 1.165) is 0 Å².